The molecule has 0 saturated heterocycles. The van der Waals surface area contributed by atoms with Crippen molar-refractivity contribution in [3.8, 4) is 0 Å². The first-order valence-electron chi connectivity index (χ1n) is 6.09. The maximum atomic E-state index is 13.0. The summed E-state index contributed by atoms with van der Waals surface area (Å²) in [7, 11) is 0. The Bertz CT molecular complexity index is 618. The van der Waals surface area contributed by atoms with Crippen molar-refractivity contribution < 1.29 is 19.1 Å². The molecular weight excluding hydrogens is 249 g/mol. The Balaban J connectivity index is 2.03. The van der Waals surface area contributed by atoms with Crippen molar-refractivity contribution in [2.24, 2.45) is 0 Å². The largest absolute Gasteiger partial charge is 0.481 e. The molecule has 0 aliphatic rings. The molecule has 0 radical (unpaired) electrons. The molecule has 0 spiro atoms. The predicted octanol–water partition coefficient (Wildman–Crippen LogP) is 3.13. The van der Waals surface area contributed by atoms with Crippen LogP contribution in [0.5, 0.6) is 0 Å². The number of ketones is 1. The van der Waals surface area contributed by atoms with Crippen LogP contribution in [0.3, 0.4) is 0 Å². The molecule has 0 bridgehead atoms. The zero-order valence-corrected chi connectivity index (χ0v) is 10.3. The van der Waals surface area contributed by atoms with Crippen molar-refractivity contribution in [2.45, 2.75) is 25.7 Å². The lowest BCUT2D eigenvalue weighted by molar-refractivity contribution is -0.137. The van der Waals surface area contributed by atoms with Crippen LogP contribution < -0.4 is 0 Å². The van der Waals surface area contributed by atoms with Crippen molar-refractivity contribution in [3.05, 3.63) is 35.8 Å². The number of hydrogen-bond acceptors (Lipinski definition) is 2. The summed E-state index contributed by atoms with van der Waals surface area (Å²) >= 11 is 0. The molecule has 0 unspecified atom stereocenters. The molecule has 5 heteroatoms. The van der Waals surface area contributed by atoms with Gasteiger partial charge < -0.3 is 10.1 Å². The normalized spacial score (nSPS) is 10.8. The predicted molar refractivity (Wildman–Crippen MR) is 68.7 cm³/mol. The number of aromatic amines is 1. The summed E-state index contributed by atoms with van der Waals surface area (Å²) in [4.78, 5) is 25.2. The number of H-pyrrole nitrogens is 1. The number of carboxylic acids is 1. The van der Waals surface area contributed by atoms with E-state index in [4.69, 9.17) is 5.11 Å². The van der Waals surface area contributed by atoms with Crippen LogP contribution in [-0.2, 0) is 4.79 Å². The van der Waals surface area contributed by atoms with Crippen LogP contribution >= 0.6 is 0 Å². The molecule has 0 saturated carbocycles. The number of aromatic nitrogens is 1. The summed E-state index contributed by atoms with van der Waals surface area (Å²) in [5.74, 6) is -1.26. The summed E-state index contributed by atoms with van der Waals surface area (Å²) in [6, 6.07) is 4.24. The van der Waals surface area contributed by atoms with E-state index in [0.717, 1.165) is 0 Å². The molecule has 0 atom stereocenters. The maximum Gasteiger partial charge on any atom is 0.303 e. The first-order chi connectivity index (χ1) is 9.08. The molecule has 100 valence electrons. The topological polar surface area (TPSA) is 70.2 Å². The van der Waals surface area contributed by atoms with Crippen LogP contribution in [0.15, 0.2) is 24.4 Å². The molecule has 0 aliphatic carbocycles. The second-order valence-corrected chi connectivity index (χ2v) is 4.42. The van der Waals surface area contributed by atoms with E-state index in [1.807, 2.05) is 0 Å². The molecule has 2 N–H and O–H groups in total. The number of halogens is 1. The van der Waals surface area contributed by atoms with Gasteiger partial charge >= 0.3 is 5.97 Å². The number of unbranched alkanes of at least 4 members (excludes halogenated alkanes) is 1. The second-order valence-electron chi connectivity index (χ2n) is 4.42. The average Bonchev–Trinajstić information content (AvgIpc) is 2.77. The first-order valence-corrected chi connectivity index (χ1v) is 6.09. The lowest BCUT2D eigenvalue weighted by Gasteiger charge is -1.99. The highest BCUT2D eigenvalue weighted by Gasteiger charge is 2.12. The van der Waals surface area contributed by atoms with Gasteiger partial charge in [0.1, 0.15) is 5.82 Å². The fourth-order valence-electron chi connectivity index (χ4n) is 2.03. The molecule has 1 aromatic carbocycles. The third kappa shape index (κ3) is 3.19. The monoisotopic (exact) mass is 263 g/mol. The number of fused-ring (bicyclic) bond motifs is 1. The minimum absolute atomic E-state index is 0.0525. The van der Waals surface area contributed by atoms with Crippen molar-refractivity contribution in [2.75, 3.05) is 0 Å². The lowest BCUT2D eigenvalue weighted by atomic mass is 10.0. The van der Waals surface area contributed by atoms with Gasteiger partial charge in [-0.3, -0.25) is 9.59 Å². The van der Waals surface area contributed by atoms with Gasteiger partial charge in [-0.2, -0.15) is 0 Å². The van der Waals surface area contributed by atoms with Gasteiger partial charge in [0.2, 0.25) is 0 Å². The average molecular weight is 263 g/mol. The van der Waals surface area contributed by atoms with Crippen LogP contribution in [0.2, 0.25) is 0 Å². The minimum atomic E-state index is -0.852. The number of carbonyl (C=O) groups is 2. The maximum absolute atomic E-state index is 13.0. The number of Topliss-reactive ketones (excluding diaryl/α,β-unsaturated/α-hetero) is 1. The van der Waals surface area contributed by atoms with Gasteiger partial charge in [-0.05, 0) is 31.0 Å². The van der Waals surface area contributed by atoms with Crippen LogP contribution in [-0.4, -0.2) is 21.8 Å². The van der Waals surface area contributed by atoms with E-state index in [-0.39, 0.29) is 18.0 Å². The molecule has 0 fully saturated rings. The Kier molecular flexibility index (Phi) is 3.94. The van der Waals surface area contributed by atoms with Crippen LogP contribution in [0, 0.1) is 5.82 Å². The highest BCUT2D eigenvalue weighted by molar-refractivity contribution is 6.07. The number of aliphatic carboxylic acids is 1. The highest BCUT2D eigenvalue weighted by Crippen LogP contribution is 2.21. The van der Waals surface area contributed by atoms with E-state index in [2.05, 4.69) is 4.98 Å². The molecular formula is C14H14FNO3. The molecule has 0 amide bonds. The van der Waals surface area contributed by atoms with Crippen molar-refractivity contribution in [1.29, 1.82) is 0 Å². The zero-order valence-electron chi connectivity index (χ0n) is 10.3. The number of nitrogens with one attached hydrogen (secondary N) is 1. The molecule has 0 aliphatic heterocycles. The van der Waals surface area contributed by atoms with Crippen molar-refractivity contribution >= 4 is 22.7 Å². The molecule has 2 rings (SSSR count). The van der Waals surface area contributed by atoms with Gasteiger partial charge in [-0.1, -0.05) is 0 Å². The molecule has 1 aromatic heterocycles. The van der Waals surface area contributed by atoms with Crippen LogP contribution in [0.4, 0.5) is 4.39 Å². The SMILES string of the molecule is O=C(O)CCCCC(=O)c1c[nH]c2cc(F)ccc12. The van der Waals surface area contributed by atoms with Gasteiger partial charge in [0, 0.05) is 35.5 Å². The lowest BCUT2D eigenvalue weighted by Crippen LogP contribution is -1.99. The van der Waals surface area contributed by atoms with Gasteiger partial charge in [0.05, 0.1) is 0 Å². The van der Waals surface area contributed by atoms with E-state index in [1.165, 1.54) is 12.1 Å². The number of carbonyl (C=O) groups excluding carboxylic acids is 1. The van der Waals surface area contributed by atoms with E-state index in [9.17, 15) is 14.0 Å². The van der Waals surface area contributed by atoms with Crippen molar-refractivity contribution in [3.63, 3.8) is 0 Å². The summed E-state index contributed by atoms with van der Waals surface area (Å²) in [5.41, 5.74) is 1.12. The van der Waals surface area contributed by atoms with E-state index in [0.29, 0.717) is 35.7 Å². The Morgan fingerprint density at radius 3 is 2.68 bits per heavy atom. The molecule has 19 heavy (non-hydrogen) atoms. The van der Waals surface area contributed by atoms with Crippen LogP contribution in [0.25, 0.3) is 10.9 Å². The summed E-state index contributed by atoms with van der Waals surface area (Å²) in [6.45, 7) is 0. The summed E-state index contributed by atoms with van der Waals surface area (Å²) < 4.78 is 13.0. The zero-order chi connectivity index (χ0) is 13.8. The third-order valence-electron chi connectivity index (χ3n) is 2.99. The third-order valence-corrected chi connectivity index (χ3v) is 2.99. The summed E-state index contributed by atoms with van der Waals surface area (Å²) in [5, 5.41) is 9.20. The number of benzene rings is 1. The van der Waals surface area contributed by atoms with Gasteiger partial charge in [0.15, 0.2) is 5.78 Å². The number of rotatable bonds is 6. The van der Waals surface area contributed by atoms with Gasteiger partial charge in [-0.15, -0.1) is 0 Å². The smallest absolute Gasteiger partial charge is 0.303 e. The number of carboxylic acid groups (broad SMARTS) is 1. The van der Waals surface area contributed by atoms with Gasteiger partial charge in [-0.25, -0.2) is 4.39 Å². The van der Waals surface area contributed by atoms with E-state index >= 15 is 0 Å². The second kappa shape index (κ2) is 5.65. The molecule has 2 aromatic rings. The minimum Gasteiger partial charge on any atom is -0.481 e. The van der Waals surface area contributed by atoms with E-state index < -0.39 is 5.97 Å². The Morgan fingerprint density at radius 1 is 1.21 bits per heavy atom. The van der Waals surface area contributed by atoms with Gasteiger partial charge in [0.25, 0.3) is 0 Å². The number of hydrogen-bond donors (Lipinski definition) is 2. The first kappa shape index (κ1) is 13.3. The van der Waals surface area contributed by atoms with Crippen LogP contribution in [0.1, 0.15) is 36.0 Å². The Labute approximate surface area is 109 Å². The Hall–Kier alpha value is -2.17. The summed E-state index contributed by atoms with van der Waals surface area (Å²) in [6.07, 6.45) is 2.98. The van der Waals surface area contributed by atoms with Crippen molar-refractivity contribution in [1.82, 2.24) is 4.98 Å². The standard InChI is InChI=1S/C14H14FNO3/c15-9-5-6-10-11(8-16-12(10)7-9)13(17)3-1-2-4-14(18)19/h5-8,16H,1-4H2,(H,18,19). The molecule has 1 heterocycles. The highest BCUT2D eigenvalue weighted by atomic mass is 19.1. The Morgan fingerprint density at radius 2 is 1.95 bits per heavy atom. The molecule has 4 nitrogen and oxygen atoms in total. The van der Waals surface area contributed by atoms with E-state index in [1.54, 1.807) is 12.3 Å². The fourth-order valence-corrected chi connectivity index (χ4v) is 2.03. The fraction of sp³-hybridized carbons (Fsp3) is 0.286. The quantitative estimate of drug-likeness (QED) is 0.621.